The molecule has 0 fully saturated rings. The lowest BCUT2D eigenvalue weighted by molar-refractivity contribution is -0.161. The highest BCUT2D eigenvalue weighted by molar-refractivity contribution is 5.86. The van der Waals surface area contributed by atoms with Crippen molar-refractivity contribution in [1.82, 2.24) is 0 Å². The number of hydrogen-bond donors (Lipinski definition) is 1. The molecule has 0 aliphatic carbocycles. The van der Waals surface area contributed by atoms with Gasteiger partial charge in [0.05, 0.1) is 12.8 Å². The first kappa shape index (κ1) is 23.6. The molecule has 0 aromatic rings. The van der Waals surface area contributed by atoms with Crippen molar-refractivity contribution in [1.29, 1.82) is 0 Å². The Bertz CT molecular complexity index is 378. The molecule has 0 heterocycles. The fourth-order valence-electron chi connectivity index (χ4n) is 2.64. The summed E-state index contributed by atoms with van der Waals surface area (Å²) >= 11 is 0. The molecule has 0 aromatic heterocycles. The van der Waals surface area contributed by atoms with E-state index in [-0.39, 0.29) is 19.3 Å². The van der Waals surface area contributed by atoms with Gasteiger partial charge in [0.2, 0.25) is 0 Å². The average Bonchev–Trinajstić information content (AvgIpc) is 2.57. The molecule has 0 aliphatic rings. The molecule has 0 bridgehead atoms. The molecule has 0 radical (unpaired) electrons. The van der Waals surface area contributed by atoms with E-state index < -0.39 is 17.9 Å². The smallest absolute Gasteiger partial charge is 0.314 e. The van der Waals surface area contributed by atoms with Crippen LogP contribution in [0.3, 0.4) is 0 Å². The minimum atomic E-state index is -1.07. The zero-order valence-electron chi connectivity index (χ0n) is 16.1. The van der Waals surface area contributed by atoms with E-state index in [1.165, 1.54) is 51.4 Å². The van der Waals surface area contributed by atoms with Gasteiger partial charge in [-0.15, -0.1) is 0 Å². The summed E-state index contributed by atoms with van der Waals surface area (Å²) in [6, 6.07) is 0. The SMILES string of the molecule is CCC(C)CCCCCCCCCCCC(=O)OC(=O)CCC(=O)O. The van der Waals surface area contributed by atoms with Crippen molar-refractivity contribution in [3.8, 4) is 0 Å². The average molecular weight is 357 g/mol. The largest absolute Gasteiger partial charge is 0.481 e. The van der Waals surface area contributed by atoms with Gasteiger partial charge < -0.3 is 9.84 Å². The Kier molecular flexibility index (Phi) is 15.2. The number of ether oxygens (including phenoxy) is 1. The molecule has 1 unspecified atom stereocenters. The molecule has 0 amide bonds. The first-order valence-electron chi connectivity index (χ1n) is 9.91. The van der Waals surface area contributed by atoms with Crippen LogP contribution in [-0.2, 0) is 19.1 Å². The van der Waals surface area contributed by atoms with Crippen LogP contribution in [0, 0.1) is 5.92 Å². The van der Waals surface area contributed by atoms with Gasteiger partial charge in [0, 0.05) is 6.42 Å². The number of aliphatic carboxylic acids is 1. The predicted molar refractivity (Wildman–Crippen MR) is 98.2 cm³/mol. The summed E-state index contributed by atoms with van der Waals surface area (Å²) in [6.45, 7) is 4.57. The Balaban J connectivity index is 3.33. The molecule has 5 heteroatoms. The van der Waals surface area contributed by atoms with Gasteiger partial charge >= 0.3 is 17.9 Å². The van der Waals surface area contributed by atoms with Crippen LogP contribution in [0.25, 0.3) is 0 Å². The normalized spacial score (nSPS) is 11.9. The van der Waals surface area contributed by atoms with Gasteiger partial charge in [0.1, 0.15) is 0 Å². The Morgan fingerprint density at radius 2 is 1.24 bits per heavy atom. The van der Waals surface area contributed by atoms with E-state index in [1.54, 1.807) is 0 Å². The lowest BCUT2D eigenvalue weighted by atomic mass is 9.99. The fraction of sp³-hybridized carbons (Fsp3) is 0.850. The van der Waals surface area contributed by atoms with Gasteiger partial charge in [-0.25, -0.2) is 0 Å². The van der Waals surface area contributed by atoms with E-state index in [1.807, 2.05) is 0 Å². The zero-order chi connectivity index (χ0) is 18.9. The number of carbonyl (C=O) groups excluding carboxylic acids is 2. The standard InChI is InChI=1S/C20H36O5/c1-3-17(2)13-11-9-7-5-4-6-8-10-12-14-19(23)25-20(24)16-15-18(21)22/h17H,3-16H2,1-2H3,(H,21,22). The van der Waals surface area contributed by atoms with Crippen molar-refractivity contribution in [2.75, 3.05) is 0 Å². The van der Waals surface area contributed by atoms with Gasteiger partial charge in [0.15, 0.2) is 0 Å². The lowest BCUT2D eigenvalue weighted by Gasteiger charge is -2.07. The molecule has 0 aromatic carbocycles. The summed E-state index contributed by atoms with van der Waals surface area (Å²) in [5.41, 5.74) is 0. The van der Waals surface area contributed by atoms with E-state index in [0.29, 0.717) is 0 Å². The third kappa shape index (κ3) is 17.2. The van der Waals surface area contributed by atoms with Crippen molar-refractivity contribution >= 4 is 17.9 Å². The maximum absolute atomic E-state index is 11.4. The molecular weight excluding hydrogens is 320 g/mol. The van der Waals surface area contributed by atoms with E-state index in [2.05, 4.69) is 18.6 Å². The van der Waals surface area contributed by atoms with Crippen LogP contribution in [0.4, 0.5) is 0 Å². The molecule has 25 heavy (non-hydrogen) atoms. The summed E-state index contributed by atoms with van der Waals surface area (Å²) in [4.78, 5) is 32.9. The number of carboxylic acid groups (broad SMARTS) is 1. The van der Waals surface area contributed by atoms with Crippen LogP contribution in [0.2, 0.25) is 0 Å². The maximum Gasteiger partial charge on any atom is 0.314 e. The van der Waals surface area contributed by atoms with E-state index in [0.717, 1.165) is 25.2 Å². The summed E-state index contributed by atoms with van der Waals surface area (Å²) < 4.78 is 4.57. The summed E-state index contributed by atoms with van der Waals surface area (Å²) in [6.07, 6.45) is 12.8. The topological polar surface area (TPSA) is 80.7 Å². The quantitative estimate of drug-likeness (QED) is 0.232. The second-order valence-corrected chi connectivity index (χ2v) is 6.97. The van der Waals surface area contributed by atoms with E-state index >= 15 is 0 Å². The summed E-state index contributed by atoms with van der Waals surface area (Å²) in [5, 5.41) is 8.44. The van der Waals surface area contributed by atoms with Gasteiger partial charge in [-0.05, 0) is 12.3 Å². The third-order valence-corrected chi connectivity index (χ3v) is 4.55. The highest BCUT2D eigenvalue weighted by atomic mass is 16.6. The second kappa shape index (κ2) is 16.1. The highest BCUT2D eigenvalue weighted by Crippen LogP contribution is 2.15. The molecule has 0 aliphatic heterocycles. The van der Waals surface area contributed by atoms with Crippen LogP contribution in [0.1, 0.15) is 104 Å². The Hall–Kier alpha value is -1.39. The Morgan fingerprint density at radius 3 is 1.76 bits per heavy atom. The van der Waals surface area contributed by atoms with Crippen LogP contribution >= 0.6 is 0 Å². The Labute approximate surface area is 152 Å². The van der Waals surface area contributed by atoms with Crippen molar-refractivity contribution in [3.05, 3.63) is 0 Å². The number of unbranched alkanes of at least 4 members (excludes halogenated alkanes) is 8. The lowest BCUT2D eigenvalue weighted by Crippen LogP contribution is -2.13. The molecular formula is C20H36O5. The molecule has 5 nitrogen and oxygen atoms in total. The van der Waals surface area contributed by atoms with Crippen molar-refractivity contribution in [2.24, 2.45) is 5.92 Å². The number of hydrogen-bond acceptors (Lipinski definition) is 4. The monoisotopic (exact) mass is 356 g/mol. The van der Waals surface area contributed by atoms with Crippen LogP contribution < -0.4 is 0 Å². The fourth-order valence-corrected chi connectivity index (χ4v) is 2.64. The molecule has 0 spiro atoms. The maximum atomic E-state index is 11.4. The third-order valence-electron chi connectivity index (χ3n) is 4.55. The first-order chi connectivity index (χ1) is 12.0. The first-order valence-corrected chi connectivity index (χ1v) is 9.91. The number of carbonyl (C=O) groups is 3. The predicted octanol–water partition coefficient (Wildman–Crippen LogP) is 5.26. The van der Waals surface area contributed by atoms with Crippen LogP contribution in [0.5, 0.6) is 0 Å². The van der Waals surface area contributed by atoms with Crippen molar-refractivity contribution in [3.63, 3.8) is 0 Å². The molecule has 1 atom stereocenters. The highest BCUT2D eigenvalue weighted by Gasteiger charge is 2.11. The molecule has 0 saturated heterocycles. The minimum absolute atomic E-state index is 0.231. The number of carboxylic acids is 1. The van der Waals surface area contributed by atoms with Crippen molar-refractivity contribution in [2.45, 2.75) is 104 Å². The molecule has 146 valence electrons. The van der Waals surface area contributed by atoms with Crippen LogP contribution in [-0.4, -0.2) is 23.0 Å². The van der Waals surface area contributed by atoms with Crippen molar-refractivity contribution < 1.29 is 24.2 Å². The van der Waals surface area contributed by atoms with Crippen LogP contribution in [0.15, 0.2) is 0 Å². The molecule has 0 saturated carbocycles. The van der Waals surface area contributed by atoms with Gasteiger partial charge in [0.25, 0.3) is 0 Å². The molecule has 0 rings (SSSR count). The van der Waals surface area contributed by atoms with E-state index in [9.17, 15) is 14.4 Å². The van der Waals surface area contributed by atoms with E-state index in [4.69, 9.17) is 5.11 Å². The minimum Gasteiger partial charge on any atom is -0.481 e. The number of rotatable bonds is 16. The Morgan fingerprint density at radius 1 is 0.760 bits per heavy atom. The summed E-state index contributed by atoms with van der Waals surface area (Å²) in [5.74, 6) is -1.50. The van der Waals surface area contributed by atoms with Gasteiger partial charge in [-0.3, -0.25) is 14.4 Å². The summed E-state index contributed by atoms with van der Waals surface area (Å²) in [7, 11) is 0. The second-order valence-electron chi connectivity index (χ2n) is 6.97. The molecule has 1 N–H and O–H groups in total. The number of esters is 2. The van der Waals surface area contributed by atoms with Gasteiger partial charge in [-0.2, -0.15) is 0 Å². The van der Waals surface area contributed by atoms with Gasteiger partial charge in [-0.1, -0.05) is 78.1 Å². The zero-order valence-corrected chi connectivity index (χ0v) is 16.1.